The number of methoxy groups -OCH3 is 1. The van der Waals surface area contributed by atoms with Crippen LogP contribution in [0.3, 0.4) is 0 Å². The van der Waals surface area contributed by atoms with E-state index in [2.05, 4.69) is 35.3 Å². The number of benzene rings is 3. The maximum atomic E-state index is 10.9. The van der Waals surface area contributed by atoms with Crippen LogP contribution in [0.1, 0.15) is 42.9 Å². The first-order valence-electron chi connectivity index (χ1n) is 16.0. The van der Waals surface area contributed by atoms with Crippen molar-refractivity contribution in [3.63, 3.8) is 0 Å². The summed E-state index contributed by atoms with van der Waals surface area (Å²) in [5.41, 5.74) is 4.42. The highest BCUT2D eigenvalue weighted by molar-refractivity contribution is 5.61. The van der Waals surface area contributed by atoms with Gasteiger partial charge in [-0.3, -0.25) is 0 Å². The van der Waals surface area contributed by atoms with E-state index >= 15 is 0 Å². The van der Waals surface area contributed by atoms with E-state index < -0.39 is 11.2 Å². The van der Waals surface area contributed by atoms with E-state index in [1.807, 2.05) is 48.5 Å². The molecule has 0 saturated carbocycles. The van der Waals surface area contributed by atoms with Gasteiger partial charge in [0.25, 0.3) is 5.09 Å². The fourth-order valence-corrected chi connectivity index (χ4v) is 5.98. The summed E-state index contributed by atoms with van der Waals surface area (Å²) in [5, 5.41) is 13.5. The van der Waals surface area contributed by atoms with Crippen molar-refractivity contribution >= 4 is 5.69 Å². The summed E-state index contributed by atoms with van der Waals surface area (Å²) in [6, 6.07) is 22.3. The number of ether oxygens (including phenoxy) is 5. The van der Waals surface area contributed by atoms with Crippen LogP contribution in [0.5, 0.6) is 17.2 Å². The monoisotopic (exact) mass is 635 g/mol. The van der Waals surface area contributed by atoms with Crippen molar-refractivity contribution in [1.82, 2.24) is 5.32 Å². The summed E-state index contributed by atoms with van der Waals surface area (Å²) in [4.78, 5) is 17.9. The van der Waals surface area contributed by atoms with Crippen LogP contribution in [0, 0.1) is 10.1 Å². The van der Waals surface area contributed by atoms with E-state index in [1.54, 1.807) is 14.0 Å². The molecule has 11 nitrogen and oxygen atoms in total. The molecule has 11 heteroatoms. The number of piperidine rings is 1. The van der Waals surface area contributed by atoms with Gasteiger partial charge in [-0.05, 0) is 72.9 Å². The van der Waals surface area contributed by atoms with Crippen molar-refractivity contribution in [2.24, 2.45) is 0 Å². The van der Waals surface area contributed by atoms with Gasteiger partial charge in [-0.25, -0.2) is 0 Å². The number of hydrogen-bond donors (Lipinski definition) is 1. The van der Waals surface area contributed by atoms with Crippen LogP contribution in [0.25, 0.3) is 0 Å². The summed E-state index contributed by atoms with van der Waals surface area (Å²) in [6.07, 6.45) is 0.704. The minimum atomic E-state index is -0.784. The largest absolute Gasteiger partial charge is 0.490 e. The SMILES string of the molecule is CCc1ccc(Oc2ccc([C@@H]3[C@@H](OCc4ccc5c(c4)N(CCCOC)CCO5)CNC[C@H]3OC[C@@H](C)O[N+](=O)[O-])cc2)cc1. The third-order valence-electron chi connectivity index (χ3n) is 8.36. The molecule has 3 aromatic carbocycles. The lowest BCUT2D eigenvalue weighted by Crippen LogP contribution is -2.51. The van der Waals surface area contributed by atoms with E-state index in [4.69, 9.17) is 28.5 Å². The van der Waals surface area contributed by atoms with Gasteiger partial charge in [0.15, 0.2) is 0 Å². The third kappa shape index (κ3) is 9.10. The zero-order chi connectivity index (χ0) is 32.3. The number of nitrogens with zero attached hydrogens (tertiary/aromatic N) is 2. The average molecular weight is 636 g/mol. The maximum Gasteiger partial charge on any atom is 0.294 e. The van der Waals surface area contributed by atoms with Gasteiger partial charge in [0, 0.05) is 39.3 Å². The number of anilines is 1. The van der Waals surface area contributed by atoms with Crippen molar-refractivity contribution in [3.8, 4) is 17.2 Å². The molecule has 248 valence electrons. The van der Waals surface area contributed by atoms with E-state index in [0.29, 0.717) is 32.9 Å². The first kappa shape index (κ1) is 33.5. The van der Waals surface area contributed by atoms with E-state index in [0.717, 1.165) is 60.0 Å². The molecule has 2 aliphatic rings. The summed E-state index contributed by atoms with van der Waals surface area (Å²) in [7, 11) is 1.72. The zero-order valence-corrected chi connectivity index (χ0v) is 26.9. The topological polar surface area (TPSA) is 114 Å². The molecule has 0 aromatic heterocycles. The highest BCUT2D eigenvalue weighted by Crippen LogP contribution is 2.35. The van der Waals surface area contributed by atoms with Gasteiger partial charge in [-0.2, -0.15) is 0 Å². The van der Waals surface area contributed by atoms with Gasteiger partial charge in [0.1, 0.15) is 30.0 Å². The normalized spacial score (nSPS) is 20.0. The van der Waals surface area contributed by atoms with E-state index in [-0.39, 0.29) is 24.7 Å². The molecule has 0 aliphatic carbocycles. The van der Waals surface area contributed by atoms with Crippen LogP contribution in [0.2, 0.25) is 0 Å². The standard InChI is InChI=1S/C35H45N3O8/c1-4-26-6-11-29(12-7-26)45-30-13-9-28(10-14-30)35-33(43-23-25(2)46-38(39)40)21-36-22-34(35)44-24-27-8-15-32-31(20-27)37(17-19-42-32)16-5-18-41-3/h6-15,20,25,33-36H,4-5,16-19,21-24H2,1-3H3/t25-,33-,34+,35+/m1/s1. The molecule has 2 aliphatic heterocycles. The van der Waals surface area contributed by atoms with Crippen LogP contribution in [-0.4, -0.2) is 76.5 Å². The maximum absolute atomic E-state index is 10.9. The van der Waals surface area contributed by atoms with Gasteiger partial charge in [0.2, 0.25) is 0 Å². The number of hydrogen-bond acceptors (Lipinski definition) is 10. The molecule has 0 spiro atoms. The molecule has 0 radical (unpaired) electrons. The molecule has 0 unspecified atom stereocenters. The summed E-state index contributed by atoms with van der Waals surface area (Å²) in [6.45, 7) is 8.54. The van der Waals surface area contributed by atoms with Crippen LogP contribution < -0.4 is 19.7 Å². The molecular weight excluding hydrogens is 590 g/mol. The van der Waals surface area contributed by atoms with Gasteiger partial charge >= 0.3 is 0 Å². The minimum Gasteiger partial charge on any atom is -0.490 e. The second kappa shape index (κ2) is 16.6. The predicted molar refractivity (Wildman–Crippen MR) is 174 cm³/mol. The molecule has 1 N–H and O–H groups in total. The molecule has 0 amide bonds. The molecule has 1 saturated heterocycles. The van der Waals surface area contributed by atoms with Crippen LogP contribution in [0.15, 0.2) is 66.7 Å². The molecule has 0 bridgehead atoms. The van der Waals surface area contributed by atoms with Crippen LogP contribution in [-0.2, 0) is 32.1 Å². The van der Waals surface area contributed by atoms with Crippen molar-refractivity contribution in [2.75, 3.05) is 58.0 Å². The highest BCUT2D eigenvalue weighted by Gasteiger charge is 2.36. The fraction of sp³-hybridized carbons (Fsp3) is 0.486. The Kier molecular flexibility index (Phi) is 12.1. The third-order valence-corrected chi connectivity index (χ3v) is 8.36. The summed E-state index contributed by atoms with van der Waals surface area (Å²) < 4.78 is 30.1. The molecular formula is C35H45N3O8. The molecule has 46 heavy (non-hydrogen) atoms. The number of aryl methyl sites for hydroxylation is 1. The van der Waals surface area contributed by atoms with Gasteiger partial charge in [-0.1, -0.05) is 37.3 Å². The average Bonchev–Trinajstić information content (AvgIpc) is 3.07. The Labute approximate surface area is 270 Å². The minimum absolute atomic E-state index is 0.0786. The fourth-order valence-electron chi connectivity index (χ4n) is 5.98. The Hall–Kier alpha value is -3.90. The first-order valence-corrected chi connectivity index (χ1v) is 16.0. The quantitative estimate of drug-likeness (QED) is 0.122. The lowest BCUT2D eigenvalue weighted by Gasteiger charge is -2.39. The zero-order valence-electron chi connectivity index (χ0n) is 26.9. The molecule has 1 fully saturated rings. The molecule has 3 aromatic rings. The number of fused-ring (bicyclic) bond motifs is 1. The highest BCUT2D eigenvalue weighted by atomic mass is 17.0. The van der Waals surface area contributed by atoms with Crippen molar-refractivity contribution in [3.05, 3.63) is 93.5 Å². The Morgan fingerprint density at radius 1 is 1.00 bits per heavy atom. The summed E-state index contributed by atoms with van der Waals surface area (Å²) >= 11 is 0. The number of rotatable bonds is 16. The Morgan fingerprint density at radius 2 is 1.70 bits per heavy atom. The predicted octanol–water partition coefficient (Wildman–Crippen LogP) is 5.53. The van der Waals surface area contributed by atoms with Gasteiger partial charge in [0.05, 0.1) is 37.7 Å². The van der Waals surface area contributed by atoms with Crippen LogP contribution >= 0.6 is 0 Å². The summed E-state index contributed by atoms with van der Waals surface area (Å²) in [5.74, 6) is 2.26. The van der Waals surface area contributed by atoms with Gasteiger partial charge < -0.3 is 38.7 Å². The molecule has 4 atom stereocenters. The Morgan fingerprint density at radius 3 is 2.39 bits per heavy atom. The second-order valence-electron chi connectivity index (χ2n) is 11.7. The first-order chi connectivity index (χ1) is 22.4. The van der Waals surface area contributed by atoms with E-state index in [9.17, 15) is 10.1 Å². The van der Waals surface area contributed by atoms with Gasteiger partial charge in [-0.15, -0.1) is 10.1 Å². The lowest BCUT2D eigenvalue weighted by molar-refractivity contribution is -0.768. The molecule has 5 rings (SSSR count). The van der Waals surface area contributed by atoms with Crippen LogP contribution in [0.4, 0.5) is 5.69 Å². The van der Waals surface area contributed by atoms with Crippen molar-refractivity contribution in [2.45, 2.75) is 57.5 Å². The lowest BCUT2D eigenvalue weighted by atomic mass is 9.85. The number of nitrogens with one attached hydrogen (secondary N) is 1. The van der Waals surface area contributed by atoms with Crippen molar-refractivity contribution < 1.29 is 33.6 Å². The molecule has 2 heterocycles. The van der Waals surface area contributed by atoms with E-state index in [1.165, 1.54) is 5.56 Å². The Bertz CT molecular complexity index is 1390. The smallest absolute Gasteiger partial charge is 0.294 e. The van der Waals surface area contributed by atoms with Crippen molar-refractivity contribution in [1.29, 1.82) is 0 Å². The second-order valence-corrected chi connectivity index (χ2v) is 11.7. The Balaban J connectivity index is 1.31.